The Hall–Kier alpha value is -2.01. The normalized spacial score (nSPS) is 24.0. The van der Waals surface area contributed by atoms with Crippen LogP contribution in [0.1, 0.15) is 42.8 Å². The average molecular weight is 300 g/mol. The second-order valence-electron chi connectivity index (χ2n) is 6.09. The molecule has 116 valence electrons. The van der Waals surface area contributed by atoms with Crippen molar-refractivity contribution in [2.75, 3.05) is 13.7 Å². The minimum Gasteiger partial charge on any atom is -0.453 e. The number of rotatable bonds is 0. The number of aliphatic hydroxyl groups excluding tert-OH is 1. The van der Waals surface area contributed by atoms with Gasteiger partial charge in [-0.05, 0) is 37.3 Å². The van der Waals surface area contributed by atoms with Gasteiger partial charge >= 0.3 is 6.09 Å². The van der Waals surface area contributed by atoms with Crippen LogP contribution in [0.3, 0.4) is 0 Å². The van der Waals surface area contributed by atoms with E-state index < -0.39 is 6.23 Å². The lowest BCUT2D eigenvalue weighted by molar-refractivity contribution is 0.0909. The molecule has 0 bridgehead atoms. The predicted molar refractivity (Wildman–Crippen MR) is 82.6 cm³/mol. The molecule has 2 aliphatic heterocycles. The van der Waals surface area contributed by atoms with E-state index in [1.54, 1.807) is 0 Å². The number of carbonyl (C=O) groups is 1. The lowest BCUT2D eigenvalue weighted by atomic mass is 9.95. The van der Waals surface area contributed by atoms with Crippen LogP contribution < -0.4 is 0 Å². The Morgan fingerprint density at radius 2 is 2.14 bits per heavy atom. The van der Waals surface area contributed by atoms with Gasteiger partial charge in [0.1, 0.15) is 6.23 Å². The number of amides is 1. The van der Waals surface area contributed by atoms with Crippen molar-refractivity contribution in [1.29, 1.82) is 0 Å². The summed E-state index contributed by atoms with van der Waals surface area (Å²) in [5, 5.41) is 11.8. The summed E-state index contributed by atoms with van der Waals surface area (Å²) >= 11 is 0. The Morgan fingerprint density at radius 3 is 2.95 bits per heavy atom. The number of ether oxygens (including phenoxy) is 1. The predicted octanol–water partition coefficient (Wildman–Crippen LogP) is 2.98. The highest BCUT2D eigenvalue weighted by atomic mass is 16.5. The molecule has 2 atom stereocenters. The highest BCUT2D eigenvalue weighted by Crippen LogP contribution is 2.43. The van der Waals surface area contributed by atoms with Crippen molar-refractivity contribution in [3.8, 4) is 0 Å². The molecule has 2 aromatic rings. The molecule has 5 heteroatoms. The number of benzene rings is 1. The van der Waals surface area contributed by atoms with Crippen LogP contribution in [-0.2, 0) is 11.2 Å². The number of fused-ring (bicyclic) bond motifs is 3. The summed E-state index contributed by atoms with van der Waals surface area (Å²) in [4.78, 5) is 13.9. The molecule has 0 saturated carbocycles. The molecule has 0 fully saturated rings. The van der Waals surface area contributed by atoms with E-state index in [9.17, 15) is 9.90 Å². The molecule has 1 N–H and O–H groups in total. The summed E-state index contributed by atoms with van der Waals surface area (Å²) in [6.45, 7) is 0.675. The molecule has 1 amide bonds. The van der Waals surface area contributed by atoms with Crippen molar-refractivity contribution in [1.82, 2.24) is 9.47 Å². The zero-order valence-corrected chi connectivity index (χ0v) is 12.7. The van der Waals surface area contributed by atoms with Crippen molar-refractivity contribution < 1.29 is 14.6 Å². The van der Waals surface area contributed by atoms with Crippen LogP contribution in [0.15, 0.2) is 24.3 Å². The van der Waals surface area contributed by atoms with E-state index >= 15 is 0 Å². The third kappa shape index (κ3) is 1.78. The largest absolute Gasteiger partial charge is 0.453 e. The smallest absolute Gasteiger partial charge is 0.410 e. The molecule has 0 unspecified atom stereocenters. The third-order valence-electron chi connectivity index (χ3n) is 5.00. The Balaban J connectivity index is 1.97. The molecule has 1 aromatic carbocycles. The highest BCUT2D eigenvalue weighted by molar-refractivity contribution is 5.87. The summed E-state index contributed by atoms with van der Waals surface area (Å²) in [5.41, 5.74) is 3.45. The van der Waals surface area contributed by atoms with Gasteiger partial charge in [-0.1, -0.05) is 18.2 Å². The lowest BCUT2D eigenvalue weighted by Crippen LogP contribution is -2.40. The van der Waals surface area contributed by atoms with Crippen LogP contribution in [0.2, 0.25) is 0 Å². The Labute approximate surface area is 129 Å². The van der Waals surface area contributed by atoms with E-state index in [1.165, 1.54) is 18.1 Å². The maximum Gasteiger partial charge on any atom is 0.410 e. The number of methoxy groups -OCH3 is 1. The summed E-state index contributed by atoms with van der Waals surface area (Å²) in [6.07, 6.45) is 2.50. The first-order valence-electron chi connectivity index (χ1n) is 7.86. The quantitative estimate of drug-likeness (QED) is 0.814. The summed E-state index contributed by atoms with van der Waals surface area (Å²) < 4.78 is 7.00. The van der Waals surface area contributed by atoms with Gasteiger partial charge in [0.05, 0.1) is 18.7 Å². The van der Waals surface area contributed by atoms with Gasteiger partial charge in [-0.25, -0.2) is 4.79 Å². The zero-order chi connectivity index (χ0) is 15.3. The van der Waals surface area contributed by atoms with E-state index in [2.05, 4.69) is 12.1 Å². The second-order valence-corrected chi connectivity index (χ2v) is 6.09. The van der Waals surface area contributed by atoms with Gasteiger partial charge < -0.3 is 14.4 Å². The monoisotopic (exact) mass is 300 g/mol. The van der Waals surface area contributed by atoms with Crippen molar-refractivity contribution in [2.45, 2.75) is 38.0 Å². The minimum atomic E-state index is -0.517. The van der Waals surface area contributed by atoms with Gasteiger partial charge in [0, 0.05) is 17.6 Å². The van der Waals surface area contributed by atoms with Crippen LogP contribution in [0.5, 0.6) is 0 Å². The van der Waals surface area contributed by atoms with Crippen LogP contribution in [0.25, 0.3) is 10.9 Å². The van der Waals surface area contributed by atoms with Crippen molar-refractivity contribution in [2.24, 2.45) is 0 Å². The topological polar surface area (TPSA) is 54.7 Å². The van der Waals surface area contributed by atoms with Crippen molar-refractivity contribution in [3.05, 3.63) is 35.5 Å². The van der Waals surface area contributed by atoms with E-state index in [-0.39, 0.29) is 12.1 Å². The number of para-hydroxylation sites is 1. The van der Waals surface area contributed by atoms with Gasteiger partial charge in [0.15, 0.2) is 0 Å². The molecule has 0 radical (unpaired) electrons. The Bertz CT molecular complexity index is 737. The number of hydrogen-bond acceptors (Lipinski definition) is 3. The van der Waals surface area contributed by atoms with E-state index in [0.29, 0.717) is 6.54 Å². The van der Waals surface area contributed by atoms with Crippen molar-refractivity contribution in [3.63, 3.8) is 0 Å². The zero-order valence-electron chi connectivity index (χ0n) is 12.7. The van der Waals surface area contributed by atoms with Crippen molar-refractivity contribution >= 4 is 17.0 Å². The molecular formula is C17H20N2O3. The third-order valence-corrected chi connectivity index (χ3v) is 5.00. The summed E-state index contributed by atoms with van der Waals surface area (Å²) in [6, 6.07) is 8.21. The van der Waals surface area contributed by atoms with Gasteiger partial charge in [-0.15, -0.1) is 0 Å². The van der Waals surface area contributed by atoms with Crippen LogP contribution in [0, 0.1) is 0 Å². The molecule has 3 heterocycles. The SMILES string of the molecule is COC(=O)N1CCc2c3n(c4ccccc24)[C@H](O)CCC[C@H]31. The van der Waals surface area contributed by atoms with E-state index in [4.69, 9.17) is 4.74 Å². The Morgan fingerprint density at radius 1 is 1.32 bits per heavy atom. The number of aliphatic hydroxyl groups is 1. The molecule has 1 aromatic heterocycles. The number of aromatic nitrogens is 1. The standard InChI is InChI=1S/C17H20N2O3/c1-22-17(21)18-10-9-12-11-5-2-3-6-13(11)19-15(20)8-4-7-14(18)16(12)19/h2-3,5-6,14-15,20H,4,7-10H2,1H3/t14-,15-/m1/s1. The number of nitrogens with zero attached hydrogens (tertiary/aromatic N) is 2. The fourth-order valence-electron chi connectivity index (χ4n) is 4.08. The molecular weight excluding hydrogens is 280 g/mol. The fraction of sp³-hybridized carbons (Fsp3) is 0.471. The maximum atomic E-state index is 12.1. The first-order valence-corrected chi connectivity index (χ1v) is 7.86. The van der Waals surface area contributed by atoms with Crippen LogP contribution >= 0.6 is 0 Å². The molecule has 4 rings (SSSR count). The molecule has 0 saturated heterocycles. The van der Waals surface area contributed by atoms with Gasteiger partial charge in [-0.3, -0.25) is 4.90 Å². The molecule has 2 aliphatic rings. The Kier molecular flexibility index (Phi) is 3.11. The number of carbonyl (C=O) groups excluding carboxylic acids is 1. The van der Waals surface area contributed by atoms with Gasteiger partial charge in [0.2, 0.25) is 0 Å². The lowest BCUT2D eigenvalue weighted by Gasteiger charge is -2.35. The van der Waals surface area contributed by atoms with E-state index in [1.807, 2.05) is 21.6 Å². The molecule has 0 aliphatic carbocycles. The number of hydrogen-bond donors (Lipinski definition) is 1. The van der Waals surface area contributed by atoms with Gasteiger partial charge in [-0.2, -0.15) is 0 Å². The molecule has 0 spiro atoms. The minimum absolute atomic E-state index is 0.000694. The van der Waals surface area contributed by atoms with Crippen LogP contribution in [-0.4, -0.2) is 34.3 Å². The second kappa shape index (κ2) is 5.02. The summed E-state index contributed by atoms with van der Waals surface area (Å²) in [5.74, 6) is 0. The molecule has 22 heavy (non-hydrogen) atoms. The maximum absolute atomic E-state index is 12.1. The van der Waals surface area contributed by atoms with E-state index in [0.717, 1.165) is 36.9 Å². The average Bonchev–Trinajstić information content (AvgIpc) is 2.78. The highest BCUT2D eigenvalue weighted by Gasteiger charge is 2.38. The van der Waals surface area contributed by atoms with Crippen LogP contribution in [0.4, 0.5) is 4.79 Å². The molecule has 5 nitrogen and oxygen atoms in total. The fourth-order valence-corrected chi connectivity index (χ4v) is 4.08. The first-order chi connectivity index (χ1) is 10.7. The first kappa shape index (κ1) is 13.6. The summed E-state index contributed by atoms with van der Waals surface area (Å²) in [7, 11) is 1.43. The van der Waals surface area contributed by atoms with Gasteiger partial charge in [0.25, 0.3) is 0 Å².